The van der Waals surface area contributed by atoms with E-state index in [1.54, 1.807) is 22.2 Å². The van der Waals surface area contributed by atoms with Gasteiger partial charge in [-0.05, 0) is 49.4 Å². The highest BCUT2D eigenvalue weighted by Crippen LogP contribution is 2.38. The number of nitrogens with zero attached hydrogens (tertiary/aromatic N) is 6. The van der Waals surface area contributed by atoms with Gasteiger partial charge in [0.1, 0.15) is 5.84 Å². The van der Waals surface area contributed by atoms with Crippen LogP contribution in [0.3, 0.4) is 0 Å². The molecular formula is C34H41ClF6N8O3. The van der Waals surface area contributed by atoms with Gasteiger partial charge >= 0.3 is 18.3 Å². The molecular weight excluding hydrogens is 718 g/mol. The van der Waals surface area contributed by atoms with Crippen molar-refractivity contribution >= 4 is 35.0 Å². The maximum Gasteiger partial charge on any atom is 0.416 e. The lowest BCUT2D eigenvalue weighted by atomic mass is 9.97. The number of ether oxygens (including phenoxy) is 1. The number of piperidine rings is 1. The van der Waals surface area contributed by atoms with Crippen molar-refractivity contribution in [2.24, 2.45) is 5.92 Å². The van der Waals surface area contributed by atoms with Crippen LogP contribution in [-0.2, 0) is 28.4 Å². The molecule has 1 aromatic carbocycles. The number of carbonyl (C=O) groups is 1. The number of alkyl halides is 6. The smallest absolute Gasteiger partial charge is 0.416 e. The third-order valence-electron chi connectivity index (χ3n) is 9.67. The summed E-state index contributed by atoms with van der Waals surface area (Å²) in [6, 6.07) is 0.742. The molecule has 0 bridgehead atoms. The molecule has 11 nitrogen and oxygen atoms in total. The number of halogens is 7. The standard InChI is InChI=1S/C34H41ClF6N8O3/c1-3-26-15-27(20-48(26)30(42)29(35)18-43-21(2)46-6-4-23(5-7-46)31(50)51)49(32-44-16-28(17-45-32)47-8-10-52-11-9-47)19-22-12-24(33(36,37)38)14-25(13-22)34(39,40)41/h12-14,16-18,23,26-27,42-43H,2-11,15,19-20H2,1H3,(H,50,51)/t26-,27+/m1/s1. The fraction of sp³-hybridized carbons (Fsp3) is 0.529. The fourth-order valence-electron chi connectivity index (χ4n) is 6.74. The Kier molecular flexibility index (Phi) is 12.1. The summed E-state index contributed by atoms with van der Waals surface area (Å²) >= 11 is 6.60. The van der Waals surface area contributed by atoms with Gasteiger partial charge in [-0.15, -0.1) is 0 Å². The molecule has 5 rings (SSSR count). The molecule has 3 aliphatic rings. The van der Waals surface area contributed by atoms with Gasteiger partial charge in [0.15, 0.2) is 0 Å². The minimum Gasteiger partial charge on any atom is -0.481 e. The summed E-state index contributed by atoms with van der Waals surface area (Å²) < 4.78 is 88.2. The zero-order chi connectivity index (χ0) is 37.8. The van der Waals surface area contributed by atoms with Crippen LogP contribution in [0.5, 0.6) is 0 Å². The van der Waals surface area contributed by atoms with Crippen LogP contribution in [0, 0.1) is 11.3 Å². The molecule has 3 N–H and O–H groups in total. The van der Waals surface area contributed by atoms with Crippen LogP contribution in [0.1, 0.15) is 49.3 Å². The largest absolute Gasteiger partial charge is 0.481 e. The first-order chi connectivity index (χ1) is 24.5. The predicted molar refractivity (Wildman–Crippen MR) is 183 cm³/mol. The summed E-state index contributed by atoms with van der Waals surface area (Å²) in [5.41, 5.74) is -2.36. The zero-order valence-electron chi connectivity index (χ0n) is 28.5. The van der Waals surface area contributed by atoms with Crippen LogP contribution in [0.2, 0.25) is 0 Å². The Bertz CT molecular complexity index is 1590. The summed E-state index contributed by atoms with van der Waals surface area (Å²) in [7, 11) is 0. The molecule has 4 heterocycles. The molecule has 284 valence electrons. The van der Waals surface area contributed by atoms with Gasteiger partial charge in [-0.1, -0.05) is 25.1 Å². The number of hydrogen-bond donors (Lipinski definition) is 3. The Hall–Kier alpha value is -4.25. The van der Waals surface area contributed by atoms with Gasteiger partial charge in [0.25, 0.3) is 0 Å². The highest BCUT2D eigenvalue weighted by atomic mass is 35.5. The second kappa shape index (κ2) is 16.2. The maximum absolute atomic E-state index is 13.8. The van der Waals surface area contributed by atoms with Crippen LogP contribution in [0.4, 0.5) is 38.0 Å². The van der Waals surface area contributed by atoms with Crippen LogP contribution in [-0.4, -0.2) is 94.7 Å². The number of rotatable bonds is 11. The van der Waals surface area contributed by atoms with E-state index in [0.717, 1.165) is 0 Å². The Morgan fingerprint density at radius 2 is 1.67 bits per heavy atom. The highest BCUT2D eigenvalue weighted by Gasteiger charge is 2.40. The third kappa shape index (κ3) is 9.40. The molecule has 0 aliphatic carbocycles. The lowest BCUT2D eigenvalue weighted by Gasteiger charge is -2.33. The SMILES string of the molecule is C=C(NC=C(Cl)C(=N)N1C[C@@H](N(Cc2cc(C(F)(F)F)cc(C(F)(F)F)c2)c2ncc(N3CCOCC3)cn2)C[C@H]1CC)N1CCC(C(=O)O)CC1. The van der Waals surface area contributed by atoms with Gasteiger partial charge in [-0.2, -0.15) is 26.3 Å². The fourth-order valence-corrected chi connectivity index (χ4v) is 6.90. The summed E-state index contributed by atoms with van der Waals surface area (Å²) in [6.07, 6.45) is -3.58. The Balaban J connectivity index is 1.39. The van der Waals surface area contributed by atoms with Crippen molar-refractivity contribution in [3.8, 4) is 0 Å². The highest BCUT2D eigenvalue weighted by molar-refractivity contribution is 6.42. The molecule has 1 aromatic heterocycles. The molecule has 2 atom stereocenters. The lowest BCUT2D eigenvalue weighted by Crippen LogP contribution is -2.41. The van der Waals surface area contributed by atoms with Gasteiger partial charge in [0.2, 0.25) is 5.95 Å². The second-order valence-electron chi connectivity index (χ2n) is 13.0. The molecule has 0 amide bonds. The molecule has 2 aromatic rings. The van der Waals surface area contributed by atoms with E-state index in [1.165, 1.54) is 6.20 Å². The Morgan fingerprint density at radius 3 is 2.21 bits per heavy atom. The summed E-state index contributed by atoms with van der Waals surface area (Å²) in [6.45, 7) is 8.91. The van der Waals surface area contributed by atoms with Crippen LogP contribution < -0.4 is 15.1 Å². The van der Waals surface area contributed by atoms with Crippen molar-refractivity contribution in [1.82, 2.24) is 25.1 Å². The molecule has 3 fully saturated rings. The minimum absolute atomic E-state index is 0.0390. The summed E-state index contributed by atoms with van der Waals surface area (Å²) in [5, 5.41) is 21.2. The lowest BCUT2D eigenvalue weighted by molar-refractivity contribution is -0.144. The van der Waals surface area contributed by atoms with E-state index in [-0.39, 0.29) is 47.6 Å². The van der Waals surface area contributed by atoms with Gasteiger partial charge < -0.3 is 34.8 Å². The van der Waals surface area contributed by atoms with Crippen LogP contribution in [0.15, 0.2) is 54.2 Å². The third-order valence-corrected chi connectivity index (χ3v) is 9.96. The first-order valence-corrected chi connectivity index (χ1v) is 17.3. The minimum atomic E-state index is -5.01. The maximum atomic E-state index is 13.8. The molecule has 0 saturated carbocycles. The van der Waals surface area contributed by atoms with E-state index in [9.17, 15) is 36.2 Å². The van der Waals surface area contributed by atoms with Crippen LogP contribution >= 0.6 is 11.6 Å². The Labute approximate surface area is 302 Å². The number of aliphatic carboxylic acids is 1. The average molecular weight is 759 g/mol. The summed E-state index contributed by atoms with van der Waals surface area (Å²) in [4.78, 5) is 27.6. The van der Waals surface area contributed by atoms with E-state index in [2.05, 4.69) is 21.9 Å². The van der Waals surface area contributed by atoms with Crippen molar-refractivity contribution in [1.29, 1.82) is 5.41 Å². The van der Waals surface area contributed by atoms with Gasteiger partial charge in [-0.3, -0.25) is 10.2 Å². The number of aromatic nitrogens is 2. The average Bonchev–Trinajstić information content (AvgIpc) is 3.56. The van der Waals surface area contributed by atoms with Crippen molar-refractivity contribution in [3.05, 3.63) is 70.9 Å². The number of likely N-dealkylation sites (tertiary alicyclic amines) is 2. The quantitative estimate of drug-likeness (QED) is 0.140. The number of nitrogens with one attached hydrogen (secondary N) is 2. The monoisotopic (exact) mass is 758 g/mol. The number of anilines is 2. The molecule has 3 aliphatic heterocycles. The number of carboxylic acids is 1. The molecule has 0 spiro atoms. The Morgan fingerprint density at radius 1 is 1.08 bits per heavy atom. The number of carboxylic acid groups (broad SMARTS) is 1. The van der Waals surface area contributed by atoms with E-state index in [4.69, 9.17) is 21.7 Å². The number of morpholine rings is 1. The molecule has 0 radical (unpaired) electrons. The van der Waals surface area contributed by atoms with E-state index in [1.807, 2.05) is 16.7 Å². The molecule has 3 saturated heterocycles. The van der Waals surface area contributed by atoms with E-state index in [0.29, 0.717) is 88.7 Å². The summed E-state index contributed by atoms with van der Waals surface area (Å²) in [5.74, 6) is -0.687. The number of benzene rings is 1. The molecule has 18 heteroatoms. The number of hydrogen-bond acceptors (Lipinski definition) is 9. The van der Waals surface area contributed by atoms with Crippen molar-refractivity contribution in [2.45, 2.75) is 63.6 Å². The molecule has 0 unspecified atom stereocenters. The first kappa shape index (κ1) is 39.0. The van der Waals surface area contributed by atoms with E-state index < -0.39 is 41.4 Å². The van der Waals surface area contributed by atoms with Crippen LogP contribution in [0.25, 0.3) is 0 Å². The van der Waals surface area contributed by atoms with Crippen molar-refractivity contribution in [2.75, 3.05) is 55.7 Å². The normalized spacial score (nSPS) is 20.6. The predicted octanol–water partition coefficient (Wildman–Crippen LogP) is 6.13. The topological polar surface area (TPSA) is 121 Å². The van der Waals surface area contributed by atoms with E-state index >= 15 is 0 Å². The second-order valence-corrected chi connectivity index (χ2v) is 13.4. The van der Waals surface area contributed by atoms with Gasteiger partial charge in [0, 0.05) is 51.5 Å². The zero-order valence-corrected chi connectivity index (χ0v) is 29.2. The number of amidine groups is 1. The van der Waals surface area contributed by atoms with Crippen molar-refractivity contribution < 1.29 is 41.0 Å². The van der Waals surface area contributed by atoms with Gasteiger partial charge in [-0.25, -0.2) is 9.97 Å². The first-order valence-electron chi connectivity index (χ1n) is 16.9. The van der Waals surface area contributed by atoms with Crippen molar-refractivity contribution in [3.63, 3.8) is 0 Å². The molecule has 52 heavy (non-hydrogen) atoms. The van der Waals surface area contributed by atoms with Gasteiger partial charge in [0.05, 0.1) is 65.2 Å².